The average Bonchev–Trinajstić information content (AvgIpc) is 2.10. The van der Waals surface area contributed by atoms with Crippen molar-refractivity contribution in [3.8, 4) is 0 Å². The molecule has 0 N–H and O–H groups in total. The third kappa shape index (κ3) is 2.50. The van der Waals surface area contributed by atoms with E-state index < -0.39 is 4.92 Å². The van der Waals surface area contributed by atoms with Gasteiger partial charge < -0.3 is 0 Å². The van der Waals surface area contributed by atoms with E-state index in [-0.39, 0.29) is 10.8 Å². The first-order chi connectivity index (χ1) is 7.34. The number of nitrogens with zero attached hydrogens (tertiary/aromatic N) is 2. The fraction of sp³-hybridized carbons (Fsp3) is 0.545. The fourth-order valence-corrected chi connectivity index (χ4v) is 2.10. The number of hydrogen-bond acceptors (Lipinski definition) is 3. The van der Waals surface area contributed by atoms with Crippen LogP contribution >= 0.6 is 11.6 Å². The minimum Gasteiger partial charge on any atom is -0.258 e. The predicted octanol–water partition coefficient (Wildman–Crippen LogP) is 3.46. The second-order valence-electron chi connectivity index (χ2n) is 4.30. The van der Waals surface area contributed by atoms with E-state index in [2.05, 4.69) is 18.8 Å². The van der Waals surface area contributed by atoms with Crippen molar-refractivity contribution in [3.63, 3.8) is 0 Å². The second-order valence-corrected chi connectivity index (χ2v) is 4.65. The molecule has 0 amide bonds. The molecule has 0 aromatic carbocycles. The Balaban J connectivity index is 3.39. The third-order valence-electron chi connectivity index (χ3n) is 2.50. The lowest BCUT2D eigenvalue weighted by atomic mass is 9.97. The molecule has 0 saturated heterocycles. The van der Waals surface area contributed by atoms with E-state index in [0.717, 1.165) is 17.7 Å². The molecule has 1 aromatic heterocycles. The number of nitro groups is 1. The molecule has 88 valence electrons. The number of rotatable bonds is 3. The Morgan fingerprint density at radius 3 is 2.44 bits per heavy atom. The Hall–Kier alpha value is -1.16. The molecule has 5 heteroatoms. The quantitative estimate of drug-likeness (QED) is 0.463. The lowest BCUT2D eigenvalue weighted by molar-refractivity contribution is -0.385. The van der Waals surface area contributed by atoms with Crippen LogP contribution in [0.4, 0.5) is 5.69 Å². The molecule has 0 spiro atoms. The first-order valence-electron chi connectivity index (χ1n) is 5.14. The van der Waals surface area contributed by atoms with Crippen LogP contribution in [0.3, 0.4) is 0 Å². The summed E-state index contributed by atoms with van der Waals surface area (Å²) in [6.07, 6.45) is 0.780. The van der Waals surface area contributed by atoms with Crippen LogP contribution in [0.1, 0.15) is 30.7 Å². The molecule has 0 aliphatic carbocycles. The van der Waals surface area contributed by atoms with Gasteiger partial charge in [0.25, 0.3) is 0 Å². The highest BCUT2D eigenvalue weighted by Crippen LogP contribution is 2.31. The predicted molar refractivity (Wildman–Crippen MR) is 63.9 cm³/mol. The van der Waals surface area contributed by atoms with Crippen LogP contribution in [0.15, 0.2) is 0 Å². The van der Waals surface area contributed by atoms with Crippen LogP contribution in [0, 0.1) is 29.9 Å². The Bertz CT molecular complexity index is 430. The minimum absolute atomic E-state index is 0.0208. The highest BCUT2D eigenvalue weighted by atomic mass is 35.5. The normalized spacial score (nSPS) is 10.9. The standard InChI is InChI=1S/C11H15ClN2O2/c1-6(2)5-9-7(3)10(14(15)16)11(12)13-8(9)4/h6H,5H2,1-4H3. The van der Waals surface area contributed by atoms with Crippen LogP contribution < -0.4 is 0 Å². The lowest BCUT2D eigenvalue weighted by Crippen LogP contribution is -2.06. The second kappa shape index (κ2) is 4.78. The SMILES string of the molecule is Cc1nc(Cl)c([N+](=O)[O-])c(C)c1CC(C)C. The molecule has 0 radical (unpaired) electrons. The Morgan fingerprint density at radius 1 is 1.44 bits per heavy atom. The highest BCUT2D eigenvalue weighted by molar-refractivity contribution is 6.31. The highest BCUT2D eigenvalue weighted by Gasteiger charge is 2.22. The van der Waals surface area contributed by atoms with Crippen molar-refractivity contribution in [2.75, 3.05) is 0 Å². The van der Waals surface area contributed by atoms with Gasteiger partial charge in [0.05, 0.1) is 4.92 Å². The van der Waals surface area contributed by atoms with Gasteiger partial charge in [0.1, 0.15) is 0 Å². The van der Waals surface area contributed by atoms with E-state index in [1.165, 1.54) is 0 Å². The van der Waals surface area contributed by atoms with Crippen molar-refractivity contribution in [2.45, 2.75) is 34.1 Å². The van der Waals surface area contributed by atoms with Crippen LogP contribution in [-0.4, -0.2) is 9.91 Å². The lowest BCUT2D eigenvalue weighted by Gasteiger charge is -2.12. The average molecular weight is 243 g/mol. The zero-order valence-corrected chi connectivity index (χ0v) is 10.6. The van der Waals surface area contributed by atoms with Crippen molar-refractivity contribution < 1.29 is 4.92 Å². The van der Waals surface area contributed by atoms with E-state index in [9.17, 15) is 10.1 Å². The maximum absolute atomic E-state index is 10.9. The molecule has 16 heavy (non-hydrogen) atoms. The summed E-state index contributed by atoms with van der Waals surface area (Å²) >= 11 is 5.79. The molecule has 1 rings (SSSR count). The zero-order valence-electron chi connectivity index (χ0n) is 9.87. The van der Waals surface area contributed by atoms with Crippen molar-refractivity contribution in [1.29, 1.82) is 0 Å². The Kier molecular flexibility index (Phi) is 3.86. The van der Waals surface area contributed by atoms with Crippen LogP contribution in [0.2, 0.25) is 5.15 Å². The van der Waals surface area contributed by atoms with Gasteiger partial charge in [0.15, 0.2) is 0 Å². The summed E-state index contributed by atoms with van der Waals surface area (Å²) in [6, 6.07) is 0. The van der Waals surface area contributed by atoms with Gasteiger partial charge in [-0.15, -0.1) is 0 Å². The number of halogens is 1. The number of hydrogen-bond donors (Lipinski definition) is 0. The maximum Gasteiger partial charge on any atom is 0.309 e. The van der Waals surface area contributed by atoms with E-state index >= 15 is 0 Å². The molecule has 0 saturated carbocycles. The summed E-state index contributed by atoms with van der Waals surface area (Å²) < 4.78 is 0. The first-order valence-corrected chi connectivity index (χ1v) is 5.52. The van der Waals surface area contributed by atoms with E-state index in [1.807, 2.05) is 6.92 Å². The molecule has 1 heterocycles. The molecule has 0 fully saturated rings. The van der Waals surface area contributed by atoms with Crippen LogP contribution in [0.5, 0.6) is 0 Å². The smallest absolute Gasteiger partial charge is 0.258 e. The van der Waals surface area contributed by atoms with Crippen LogP contribution in [-0.2, 0) is 6.42 Å². The Morgan fingerprint density at radius 2 is 2.00 bits per heavy atom. The van der Waals surface area contributed by atoms with Gasteiger partial charge in [-0.3, -0.25) is 10.1 Å². The molecule has 0 atom stereocenters. The molecule has 4 nitrogen and oxygen atoms in total. The summed E-state index contributed by atoms with van der Waals surface area (Å²) in [5.74, 6) is 0.431. The van der Waals surface area contributed by atoms with Gasteiger partial charge in [-0.25, -0.2) is 4.98 Å². The van der Waals surface area contributed by atoms with Crippen molar-refractivity contribution in [3.05, 3.63) is 32.1 Å². The monoisotopic (exact) mass is 242 g/mol. The largest absolute Gasteiger partial charge is 0.309 e. The van der Waals surface area contributed by atoms with Gasteiger partial charge in [0, 0.05) is 11.3 Å². The van der Waals surface area contributed by atoms with Gasteiger partial charge >= 0.3 is 5.69 Å². The van der Waals surface area contributed by atoms with Gasteiger partial charge in [-0.05, 0) is 31.7 Å². The van der Waals surface area contributed by atoms with Crippen molar-refractivity contribution >= 4 is 17.3 Å². The van der Waals surface area contributed by atoms with E-state index in [4.69, 9.17) is 11.6 Å². The minimum atomic E-state index is -0.464. The van der Waals surface area contributed by atoms with Gasteiger partial charge in [0.2, 0.25) is 5.15 Å². The summed E-state index contributed by atoms with van der Waals surface area (Å²) in [5.41, 5.74) is 2.28. The number of aryl methyl sites for hydroxylation is 1. The molecular weight excluding hydrogens is 228 g/mol. The van der Waals surface area contributed by atoms with Gasteiger partial charge in [-0.2, -0.15) is 0 Å². The van der Waals surface area contributed by atoms with Gasteiger partial charge in [-0.1, -0.05) is 25.4 Å². The topological polar surface area (TPSA) is 56.0 Å². The number of pyridine rings is 1. The summed E-state index contributed by atoms with van der Waals surface area (Å²) in [6.45, 7) is 7.70. The fourth-order valence-electron chi connectivity index (χ4n) is 1.76. The number of aromatic nitrogens is 1. The Labute approximate surface area is 99.8 Å². The molecule has 0 unspecified atom stereocenters. The van der Waals surface area contributed by atoms with E-state index in [0.29, 0.717) is 11.5 Å². The summed E-state index contributed by atoms with van der Waals surface area (Å²) in [7, 11) is 0. The molecule has 1 aromatic rings. The summed E-state index contributed by atoms with van der Waals surface area (Å²) in [5, 5.41) is 10.9. The molecule has 0 aliphatic heterocycles. The third-order valence-corrected chi connectivity index (χ3v) is 2.76. The first kappa shape index (κ1) is 12.9. The molecular formula is C11H15ClN2O2. The summed E-state index contributed by atoms with van der Waals surface area (Å²) in [4.78, 5) is 14.4. The zero-order chi connectivity index (χ0) is 12.5. The molecule has 0 bridgehead atoms. The van der Waals surface area contributed by atoms with Crippen molar-refractivity contribution in [2.24, 2.45) is 5.92 Å². The van der Waals surface area contributed by atoms with Crippen LogP contribution in [0.25, 0.3) is 0 Å². The maximum atomic E-state index is 10.9. The van der Waals surface area contributed by atoms with E-state index in [1.54, 1.807) is 6.92 Å². The van der Waals surface area contributed by atoms with Crippen molar-refractivity contribution in [1.82, 2.24) is 4.98 Å². The molecule has 0 aliphatic rings.